The molecule has 0 bridgehead atoms. The Labute approximate surface area is 225 Å². The smallest absolute Gasteiger partial charge is 0.478 e. The number of unbranched alkanes of at least 4 members (excludes halogenated alkanes) is 6. The summed E-state index contributed by atoms with van der Waals surface area (Å²) in [6.07, 6.45) is 4.38. The van der Waals surface area contributed by atoms with Crippen molar-refractivity contribution >= 4 is 16.9 Å². The highest BCUT2D eigenvalue weighted by Gasteiger charge is 2.31. The molecule has 1 aromatic carbocycles. The molecule has 0 aliphatic carbocycles. The van der Waals surface area contributed by atoms with Gasteiger partial charge in [0.25, 0.3) is 0 Å². The van der Waals surface area contributed by atoms with Gasteiger partial charge >= 0.3 is 18.0 Å². The molecule has 7 nitrogen and oxygen atoms in total. The minimum absolute atomic E-state index is 0.0388. The van der Waals surface area contributed by atoms with Crippen LogP contribution in [0.4, 0.5) is 13.2 Å². The van der Waals surface area contributed by atoms with Gasteiger partial charge in [-0.2, -0.15) is 0 Å². The molecule has 39 heavy (non-hydrogen) atoms. The minimum Gasteiger partial charge on any atom is -0.478 e. The van der Waals surface area contributed by atoms with E-state index in [0.717, 1.165) is 63.5 Å². The van der Waals surface area contributed by atoms with Crippen LogP contribution in [-0.4, -0.2) is 30.5 Å². The van der Waals surface area contributed by atoms with Crippen molar-refractivity contribution < 1.29 is 36.6 Å². The summed E-state index contributed by atoms with van der Waals surface area (Å²) in [6.45, 7) is 4.81. The molecule has 1 atom stereocenters. The van der Waals surface area contributed by atoms with E-state index in [0.29, 0.717) is 24.5 Å². The summed E-state index contributed by atoms with van der Waals surface area (Å²) in [5, 5.41) is 0.534. The maximum atomic E-state index is 12.6. The molecular formula is C29H34F3NO6. The van der Waals surface area contributed by atoms with Crippen LogP contribution in [0.2, 0.25) is 0 Å². The first-order valence-electron chi connectivity index (χ1n) is 13.3. The number of alkyl halides is 3. The fourth-order valence-electron chi connectivity index (χ4n) is 3.89. The zero-order valence-corrected chi connectivity index (χ0v) is 22.2. The minimum atomic E-state index is -4.84. The van der Waals surface area contributed by atoms with Gasteiger partial charge in [0.1, 0.15) is 5.75 Å². The lowest BCUT2D eigenvalue weighted by Gasteiger charge is -2.10. The largest absolute Gasteiger partial charge is 0.573 e. The van der Waals surface area contributed by atoms with Crippen molar-refractivity contribution in [1.82, 2.24) is 4.98 Å². The summed E-state index contributed by atoms with van der Waals surface area (Å²) in [5.74, 6) is -0.222. The number of fused-ring (bicyclic) bond motifs is 1. The van der Waals surface area contributed by atoms with Gasteiger partial charge in [-0.25, -0.2) is 9.78 Å². The van der Waals surface area contributed by atoms with Gasteiger partial charge in [-0.15, -0.1) is 13.2 Å². The third-order valence-corrected chi connectivity index (χ3v) is 6.27. The Kier molecular flexibility index (Phi) is 11.2. The van der Waals surface area contributed by atoms with E-state index in [1.54, 1.807) is 6.07 Å². The number of nitrogens with zero attached hydrogens (tertiary/aromatic N) is 1. The van der Waals surface area contributed by atoms with Crippen LogP contribution in [0.5, 0.6) is 11.6 Å². The van der Waals surface area contributed by atoms with Crippen molar-refractivity contribution in [3.63, 3.8) is 0 Å². The van der Waals surface area contributed by atoms with Crippen molar-refractivity contribution in [2.45, 2.75) is 71.6 Å². The summed E-state index contributed by atoms with van der Waals surface area (Å²) in [4.78, 5) is 28.2. The molecule has 0 saturated heterocycles. The monoisotopic (exact) mass is 549 g/mol. The third kappa shape index (κ3) is 9.92. The lowest BCUT2D eigenvalue weighted by atomic mass is 10.1. The molecule has 2 heterocycles. The first-order chi connectivity index (χ1) is 18.7. The van der Waals surface area contributed by atoms with Gasteiger partial charge < -0.3 is 18.6 Å². The average molecular weight is 550 g/mol. The average Bonchev–Trinajstić information content (AvgIpc) is 2.90. The Bertz CT molecular complexity index is 1270. The van der Waals surface area contributed by atoms with Gasteiger partial charge in [0.05, 0.1) is 30.9 Å². The van der Waals surface area contributed by atoms with Crippen LogP contribution >= 0.6 is 0 Å². The van der Waals surface area contributed by atoms with Gasteiger partial charge in [0.2, 0.25) is 5.88 Å². The second-order valence-corrected chi connectivity index (χ2v) is 9.38. The topological polar surface area (TPSA) is 87.9 Å². The standard InChI is InChI=1S/C29H34F3NO6/c1-3-20(2)27(34)37-15-10-8-6-4-5-7-9-14-36-26-18-22-17-24(28(35)38-25(22)19-33-26)21-12-11-13-23(16-21)39-29(30,31)32/h11-13,16-20H,3-10,14-15H2,1-2H3. The molecule has 10 heteroatoms. The number of benzene rings is 1. The van der Waals surface area contributed by atoms with E-state index < -0.39 is 17.7 Å². The molecule has 212 valence electrons. The zero-order valence-electron chi connectivity index (χ0n) is 22.2. The van der Waals surface area contributed by atoms with Crippen molar-refractivity contribution in [2.75, 3.05) is 13.2 Å². The molecule has 0 N–H and O–H groups in total. The van der Waals surface area contributed by atoms with Crippen molar-refractivity contribution in [3.05, 3.63) is 53.0 Å². The fraction of sp³-hybridized carbons (Fsp3) is 0.483. The van der Waals surface area contributed by atoms with Crippen molar-refractivity contribution in [3.8, 4) is 22.8 Å². The SMILES string of the molecule is CCC(C)C(=O)OCCCCCCCCCOc1cc2cc(-c3cccc(OC(F)(F)F)c3)c(=O)oc2cn1. The summed E-state index contributed by atoms with van der Waals surface area (Å²) in [6, 6.07) is 8.33. The molecule has 0 aliphatic heterocycles. The zero-order chi connectivity index (χ0) is 28.3. The Morgan fingerprint density at radius 3 is 2.38 bits per heavy atom. The number of carbonyl (C=O) groups is 1. The van der Waals surface area contributed by atoms with Crippen LogP contribution in [-0.2, 0) is 9.53 Å². The third-order valence-electron chi connectivity index (χ3n) is 6.27. The number of carbonyl (C=O) groups excluding carboxylic acids is 1. The molecule has 0 saturated carbocycles. The molecule has 3 aromatic rings. The van der Waals surface area contributed by atoms with Crippen LogP contribution in [0.1, 0.15) is 65.2 Å². The summed E-state index contributed by atoms with van der Waals surface area (Å²) < 4.78 is 58.0. The highest BCUT2D eigenvalue weighted by Crippen LogP contribution is 2.28. The number of aromatic nitrogens is 1. The Balaban J connectivity index is 1.43. The van der Waals surface area contributed by atoms with E-state index in [-0.39, 0.29) is 28.6 Å². The van der Waals surface area contributed by atoms with Crippen LogP contribution in [0.25, 0.3) is 22.1 Å². The van der Waals surface area contributed by atoms with Gasteiger partial charge in [-0.1, -0.05) is 58.1 Å². The van der Waals surface area contributed by atoms with Crippen molar-refractivity contribution in [1.29, 1.82) is 0 Å². The second kappa shape index (κ2) is 14.6. The van der Waals surface area contributed by atoms with Gasteiger partial charge in [-0.3, -0.25) is 4.79 Å². The van der Waals surface area contributed by atoms with Gasteiger partial charge in [0, 0.05) is 11.5 Å². The summed E-state index contributed by atoms with van der Waals surface area (Å²) >= 11 is 0. The van der Waals surface area contributed by atoms with Crippen LogP contribution in [0, 0.1) is 5.92 Å². The molecule has 0 aliphatic rings. The first kappa shape index (κ1) is 30.0. The molecule has 0 radical (unpaired) electrons. The molecule has 1 unspecified atom stereocenters. The Hall–Kier alpha value is -3.56. The van der Waals surface area contributed by atoms with E-state index >= 15 is 0 Å². The quantitative estimate of drug-likeness (QED) is 0.144. The number of esters is 1. The summed E-state index contributed by atoms with van der Waals surface area (Å²) in [7, 11) is 0. The highest BCUT2D eigenvalue weighted by atomic mass is 19.4. The van der Waals surface area contributed by atoms with Crippen molar-refractivity contribution in [2.24, 2.45) is 5.92 Å². The van der Waals surface area contributed by atoms with Crippen LogP contribution in [0.3, 0.4) is 0 Å². The Morgan fingerprint density at radius 2 is 1.69 bits per heavy atom. The maximum Gasteiger partial charge on any atom is 0.573 e. The number of hydrogen-bond donors (Lipinski definition) is 0. The second-order valence-electron chi connectivity index (χ2n) is 9.38. The normalized spacial score (nSPS) is 12.3. The molecular weight excluding hydrogens is 515 g/mol. The van der Waals surface area contributed by atoms with E-state index in [1.165, 1.54) is 24.4 Å². The predicted molar refractivity (Wildman–Crippen MR) is 141 cm³/mol. The van der Waals surface area contributed by atoms with E-state index in [4.69, 9.17) is 13.9 Å². The van der Waals surface area contributed by atoms with E-state index in [2.05, 4.69) is 9.72 Å². The lowest BCUT2D eigenvalue weighted by molar-refractivity contribution is -0.274. The number of halogens is 3. The van der Waals surface area contributed by atoms with Gasteiger partial charge in [-0.05, 0) is 43.0 Å². The number of pyridine rings is 1. The highest BCUT2D eigenvalue weighted by molar-refractivity contribution is 5.82. The van der Waals surface area contributed by atoms with Gasteiger partial charge in [0.15, 0.2) is 5.58 Å². The lowest BCUT2D eigenvalue weighted by Crippen LogP contribution is -2.17. The molecule has 0 spiro atoms. The molecule has 0 fully saturated rings. The first-order valence-corrected chi connectivity index (χ1v) is 13.3. The maximum absolute atomic E-state index is 12.6. The van der Waals surface area contributed by atoms with E-state index in [9.17, 15) is 22.8 Å². The van der Waals surface area contributed by atoms with E-state index in [1.807, 2.05) is 13.8 Å². The molecule has 2 aromatic heterocycles. The Morgan fingerprint density at radius 1 is 1.00 bits per heavy atom. The number of ether oxygens (including phenoxy) is 3. The van der Waals surface area contributed by atoms with Crippen LogP contribution < -0.4 is 15.1 Å². The number of hydrogen-bond acceptors (Lipinski definition) is 7. The predicted octanol–water partition coefficient (Wildman–Crippen LogP) is 7.45. The number of rotatable bonds is 15. The molecule has 3 rings (SSSR count). The summed E-state index contributed by atoms with van der Waals surface area (Å²) in [5.41, 5.74) is -0.123. The fourth-order valence-corrected chi connectivity index (χ4v) is 3.89. The van der Waals surface area contributed by atoms with Crippen LogP contribution in [0.15, 0.2) is 51.8 Å². The molecule has 0 amide bonds.